The average Bonchev–Trinajstić information content (AvgIpc) is 2.68. The van der Waals surface area contributed by atoms with Crippen molar-refractivity contribution in [3.05, 3.63) is 77.3 Å². The number of carbonyl (C=O) groups is 1. The van der Waals surface area contributed by atoms with E-state index in [4.69, 9.17) is 16.6 Å². The number of likely N-dealkylation sites (tertiary alicyclic amines) is 1. The third-order valence-corrected chi connectivity index (χ3v) is 5.10. The van der Waals surface area contributed by atoms with Crippen molar-refractivity contribution in [3.8, 4) is 11.3 Å². The van der Waals surface area contributed by atoms with E-state index in [-0.39, 0.29) is 5.91 Å². The van der Waals surface area contributed by atoms with E-state index in [2.05, 4.69) is 6.58 Å². The maximum absolute atomic E-state index is 13.2. The molecule has 0 spiro atoms. The molecule has 0 atom stereocenters. The van der Waals surface area contributed by atoms with Crippen LogP contribution in [0.25, 0.3) is 22.2 Å². The summed E-state index contributed by atoms with van der Waals surface area (Å²) in [5.74, 6) is 0.0614. The maximum atomic E-state index is 13.2. The maximum Gasteiger partial charge on any atom is 0.254 e. The van der Waals surface area contributed by atoms with Gasteiger partial charge in [-0.2, -0.15) is 0 Å². The number of para-hydroxylation sites is 1. The Balaban J connectivity index is 1.80. The van der Waals surface area contributed by atoms with Gasteiger partial charge in [0.15, 0.2) is 0 Å². The zero-order valence-corrected chi connectivity index (χ0v) is 15.2. The highest BCUT2D eigenvalue weighted by molar-refractivity contribution is 6.30. The Labute approximate surface area is 157 Å². The van der Waals surface area contributed by atoms with Crippen molar-refractivity contribution in [2.24, 2.45) is 0 Å². The molecule has 0 unspecified atom stereocenters. The lowest BCUT2D eigenvalue weighted by Gasteiger charge is -2.28. The Bertz CT molecular complexity index is 985. The third-order valence-electron chi connectivity index (χ3n) is 4.84. The topological polar surface area (TPSA) is 33.2 Å². The van der Waals surface area contributed by atoms with E-state index < -0.39 is 0 Å². The van der Waals surface area contributed by atoms with Gasteiger partial charge in [-0.1, -0.05) is 54.1 Å². The number of carbonyl (C=O) groups excluding carboxylic acids is 1. The van der Waals surface area contributed by atoms with Crippen LogP contribution >= 0.6 is 11.6 Å². The van der Waals surface area contributed by atoms with Crippen molar-refractivity contribution in [2.45, 2.75) is 12.8 Å². The molecule has 4 rings (SSSR count). The van der Waals surface area contributed by atoms with Gasteiger partial charge < -0.3 is 4.90 Å². The van der Waals surface area contributed by atoms with Crippen molar-refractivity contribution in [2.75, 3.05) is 13.1 Å². The van der Waals surface area contributed by atoms with Crippen LogP contribution in [0.4, 0.5) is 0 Å². The molecule has 1 aliphatic rings. The second-order valence-electron chi connectivity index (χ2n) is 6.62. The van der Waals surface area contributed by atoms with E-state index in [1.54, 1.807) is 0 Å². The summed E-state index contributed by atoms with van der Waals surface area (Å²) in [5.41, 5.74) is 4.47. The van der Waals surface area contributed by atoms with Gasteiger partial charge in [0.25, 0.3) is 5.91 Å². The second kappa shape index (κ2) is 6.93. The van der Waals surface area contributed by atoms with Crippen LogP contribution in [0.5, 0.6) is 0 Å². The number of benzene rings is 2. The summed E-state index contributed by atoms with van der Waals surface area (Å²) in [6.07, 6.45) is 1.75. The molecule has 1 fully saturated rings. The van der Waals surface area contributed by atoms with E-state index in [1.807, 2.05) is 59.5 Å². The highest BCUT2D eigenvalue weighted by atomic mass is 35.5. The van der Waals surface area contributed by atoms with Gasteiger partial charge in [-0.15, -0.1) is 0 Å². The molecule has 1 aliphatic heterocycles. The van der Waals surface area contributed by atoms with Crippen LogP contribution in [0, 0.1) is 0 Å². The minimum atomic E-state index is 0.0614. The van der Waals surface area contributed by atoms with Crippen molar-refractivity contribution in [3.63, 3.8) is 0 Å². The number of amides is 1. The number of fused-ring (bicyclic) bond motifs is 1. The molecule has 0 saturated carbocycles. The van der Waals surface area contributed by atoms with Crippen molar-refractivity contribution in [1.82, 2.24) is 9.88 Å². The zero-order valence-electron chi connectivity index (χ0n) is 14.4. The van der Waals surface area contributed by atoms with E-state index in [0.717, 1.165) is 48.1 Å². The summed E-state index contributed by atoms with van der Waals surface area (Å²) >= 11 is 6.00. The van der Waals surface area contributed by atoms with E-state index >= 15 is 0 Å². The van der Waals surface area contributed by atoms with Gasteiger partial charge >= 0.3 is 0 Å². The Morgan fingerprint density at radius 2 is 1.73 bits per heavy atom. The Morgan fingerprint density at radius 3 is 2.46 bits per heavy atom. The fraction of sp³-hybridized carbons (Fsp3) is 0.182. The fourth-order valence-corrected chi connectivity index (χ4v) is 3.44. The highest BCUT2D eigenvalue weighted by Crippen LogP contribution is 2.27. The molecule has 0 aliphatic carbocycles. The molecule has 130 valence electrons. The molecule has 0 radical (unpaired) electrons. The first-order chi connectivity index (χ1) is 12.6. The lowest BCUT2D eigenvalue weighted by Crippen LogP contribution is -2.36. The van der Waals surface area contributed by atoms with Crippen LogP contribution in [-0.2, 0) is 0 Å². The minimum Gasteiger partial charge on any atom is -0.338 e. The Kier molecular flexibility index (Phi) is 4.48. The summed E-state index contributed by atoms with van der Waals surface area (Å²) in [4.78, 5) is 19.9. The zero-order chi connectivity index (χ0) is 18.1. The largest absolute Gasteiger partial charge is 0.338 e. The van der Waals surface area contributed by atoms with Gasteiger partial charge in [-0.05, 0) is 37.1 Å². The fourth-order valence-electron chi connectivity index (χ4n) is 3.32. The quantitative estimate of drug-likeness (QED) is 0.576. The molecule has 3 nitrogen and oxygen atoms in total. The second-order valence-corrected chi connectivity index (χ2v) is 7.06. The highest BCUT2D eigenvalue weighted by Gasteiger charge is 2.22. The van der Waals surface area contributed by atoms with Gasteiger partial charge in [-0.3, -0.25) is 4.79 Å². The average molecular weight is 363 g/mol. The number of aromatic nitrogens is 1. The van der Waals surface area contributed by atoms with E-state index in [1.165, 1.54) is 5.57 Å². The van der Waals surface area contributed by atoms with Crippen molar-refractivity contribution >= 4 is 28.4 Å². The summed E-state index contributed by atoms with van der Waals surface area (Å²) in [6, 6.07) is 17.2. The third kappa shape index (κ3) is 3.23. The lowest BCUT2D eigenvalue weighted by atomic mass is 10.0. The molecule has 0 bridgehead atoms. The molecular weight excluding hydrogens is 344 g/mol. The van der Waals surface area contributed by atoms with Gasteiger partial charge in [0.1, 0.15) is 0 Å². The van der Waals surface area contributed by atoms with Crippen LogP contribution in [0.1, 0.15) is 23.2 Å². The number of pyridine rings is 1. The van der Waals surface area contributed by atoms with Crippen LogP contribution in [0.2, 0.25) is 5.02 Å². The van der Waals surface area contributed by atoms with E-state index in [9.17, 15) is 4.79 Å². The first-order valence-electron chi connectivity index (χ1n) is 8.73. The number of rotatable bonds is 2. The number of hydrogen-bond donors (Lipinski definition) is 0. The summed E-state index contributed by atoms with van der Waals surface area (Å²) in [7, 11) is 0. The number of nitrogens with zero attached hydrogens (tertiary/aromatic N) is 2. The van der Waals surface area contributed by atoms with Crippen LogP contribution in [0.15, 0.2) is 66.7 Å². The van der Waals surface area contributed by atoms with Crippen LogP contribution in [0.3, 0.4) is 0 Å². The molecule has 4 heteroatoms. The lowest BCUT2D eigenvalue weighted by molar-refractivity contribution is 0.0746. The Hall–Kier alpha value is -2.65. The number of hydrogen-bond acceptors (Lipinski definition) is 2. The SMILES string of the molecule is C=C1CCN(C(=O)c2cc(-c3ccc(Cl)cc3)nc3ccccc23)CC1. The van der Waals surface area contributed by atoms with Gasteiger partial charge in [0.05, 0.1) is 16.8 Å². The summed E-state index contributed by atoms with van der Waals surface area (Å²) < 4.78 is 0. The monoisotopic (exact) mass is 362 g/mol. The van der Waals surface area contributed by atoms with Gasteiger partial charge in [0.2, 0.25) is 0 Å². The van der Waals surface area contributed by atoms with Crippen LogP contribution in [-0.4, -0.2) is 28.9 Å². The first kappa shape index (κ1) is 16.8. The Morgan fingerprint density at radius 1 is 1.04 bits per heavy atom. The molecule has 1 amide bonds. The predicted octanol–water partition coefficient (Wildman–Crippen LogP) is 5.35. The standard InChI is InChI=1S/C22H19ClN2O/c1-15-10-12-25(13-11-15)22(26)19-14-21(16-6-8-17(23)9-7-16)24-20-5-3-2-4-18(19)20/h2-9,14H,1,10-13H2. The first-order valence-corrected chi connectivity index (χ1v) is 9.11. The van der Waals surface area contributed by atoms with Crippen molar-refractivity contribution < 1.29 is 4.79 Å². The molecule has 1 saturated heterocycles. The number of piperidine rings is 1. The smallest absolute Gasteiger partial charge is 0.254 e. The van der Waals surface area contributed by atoms with Crippen molar-refractivity contribution in [1.29, 1.82) is 0 Å². The molecule has 0 N–H and O–H groups in total. The molecular formula is C22H19ClN2O. The molecule has 2 aromatic carbocycles. The number of halogens is 1. The van der Waals surface area contributed by atoms with E-state index in [0.29, 0.717) is 10.6 Å². The predicted molar refractivity (Wildman–Crippen MR) is 106 cm³/mol. The minimum absolute atomic E-state index is 0.0614. The molecule has 3 aromatic rings. The van der Waals surface area contributed by atoms with Crippen LogP contribution < -0.4 is 0 Å². The summed E-state index contributed by atoms with van der Waals surface area (Å²) in [6.45, 7) is 5.49. The molecule has 26 heavy (non-hydrogen) atoms. The normalized spacial score (nSPS) is 14.7. The summed E-state index contributed by atoms with van der Waals surface area (Å²) in [5, 5.41) is 1.57. The van der Waals surface area contributed by atoms with Gasteiger partial charge in [0, 0.05) is 29.1 Å². The van der Waals surface area contributed by atoms with Gasteiger partial charge in [-0.25, -0.2) is 4.98 Å². The molecule has 2 heterocycles. The molecule has 1 aromatic heterocycles.